The molecule has 0 fully saturated rings. The first-order valence-corrected chi connectivity index (χ1v) is 9.76. The van der Waals surface area contributed by atoms with Crippen molar-refractivity contribution in [2.75, 3.05) is 6.61 Å². The second kappa shape index (κ2) is 9.32. The van der Waals surface area contributed by atoms with Crippen molar-refractivity contribution in [3.63, 3.8) is 0 Å². The van der Waals surface area contributed by atoms with E-state index in [0.29, 0.717) is 20.5 Å². The molecule has 0 spiro atoms. The molecule has 6 nitrogen and oxygen atoms in total. The number of benzene rings is 1. The number of carbonyl (C=O) groups excluding carboxylic acids is 2. The van der Waals surface area contributed by atoms with Crippen molar-refractivity contribution in [1.82, 2.24) is 0 Å². The number of halogens is 1. The van der Waals surface area contributed by atoms with E-state index >= 15 is 0 Å². The number of hydrogen-bond donors (Lipinski definition) is 1. The predicted molar refractivity (Wildman–Crippen MR) is 108 cm³/mol. The van der Waals surface area contributed by atoms with Crippen molar-refractivity contribution in [2.24, 2.45) is 0 Å². The summed E-state index contributed by atoms with van der Waals surface area (Å²) in [5.74, 6) is -0.966. The lowest BCUT2D eigenvalue weighted by Gasteiger charge is -2.01. The lowest BCUT2D eigenvalue weighted by molar-refractivity contribution is -0.114. The predicted octanol–water partition coefficient (Wildman–Crippen LogP) is 4.29. The van der Waals surface area contributed by atoms with Gasteiger partial charge in [-0.3, -0.25) is 4.79 Å². The molecule has 0 saturated carbocycles. The number of aromatic hydroxyl groups is 1. The molecule has 0 saturated heterocycles. The summed E-state index contributed by atoms with van der Waals surface area (Å²) < 4.78 is 5.42. The van der Waals surface area contributed by atoms with Crippen LogP contribution in [0.25, 0.3) is 6.08 Å². The van der Waals surface area contributed by atoms with Crippen molar-refractivity contribution in [3.05, 3.63) is 54.7 Å². The maximum atomic E-state index is 12.6. The van der Waals surface area contributed by atoms with Crippen molar-refractivity contribution < 1.29 is 19.4 Å². The Kier molecular flexibility index (Phi) is 7.11. The van der Waals surface area contributed by atoms with E-state index < -0.39 is 11.8 Å². The highest BCUT2D eigenvalue weighted by Gasteiger charge is 2.23. The van der Waals surface area contributed by atoms with E-state index in [2.05, 4.69) is 15.9 Å². The van der Waals surface area contributed by atoms with Gasteiger partial charge in [-0.15, -0.1) is 11.3 Å². The zero-order valence-corrected chi connectivity index (χ0v) is 17.5. The molecule has 0 aliphatic carbocycles. The molecule has 2 rings (SSSR count). The SMILES string of the molecule is CCOC(=O)c1sc(CC(=O)C(C#N)=Cc2ccc(O)c(Br)c2)c(C#N)c1C. The molecule has 1 aromatic heterocycles. The van der Waals surface area contributed by atoms with Crippen molar-refractivity contribution in [3.8, 4) is 17.9 Å². The second-order valence-electron chi connectivity index (χ2n) is 5.67. The summed E-state index contributed by atoms with van der Waals surface area (Å²) in [7, 11) is 0. The Hall–Kier alpha value is -2.94. The first-order chi connectivity index (χ1) is 13.3. The van der Waals surface area contributed by atoms with Gasteiger partial charge in [-0.1, -0.05) is 6.07 Å². The monoisotopic (exact) mass is 458 g/mol. The van der Waals surface area contributed by atoms with E-state index in [1.165, 1.54) is 12.1 Å². The van der Waals surface area contributed by atoms with Gasteiger partial charge in [0.1, 0.15) is 22.8 Å². The maximum absolute atomic E-state index is 12.6. The zero-order valence-electron chi connectivity index (χ0n) is 15.1. The molecule has 0 bridgehead atoms. The molecule has 0 radical (unpaired) electrons. The normalized spacial score (nSPS) is 10.8. The summed E-state index contributed by atoms with van der Waals surface area (Å²) in [6, 6.07) is 8.48. The first kappa shape index (κ1) is 21.4. The van der Waals surface area contributed by atoms with Crippen LogP contribution in [0.4, 0.5) is 0 Å². The number of phenols is 1. The number of allylic oxidation sites excluding steroid dienone is 1. The van der Waals surface area contributed by atoms with Gasteiger partial charge >= 0.3 is 5.97 Å². The lowest BCUT2D eigenvalue weighted by atomic mass is 10.0. The van der Waals surface area contributed by atoms with Gasteiger partial charge in [0.25, 0.3) is 0 Å². The van der Waals surface area contributed by atoms with Crippen molar-refractivity contribution >= 4 is 45.1 Å². The van der Waals surface area contributed by atoms with Gasteiger partial charge in [-0.2, -0.15) is 10.5 Å². The molecule has 0 atom stereocenters. The quantitative estimate of drug-likeness (QED) is 0.392. The lowest BCUT2D eigenvalue weighted by Crippen LogP contribution is -2.05. The van der Waals surface area contributed by atoms with Crippen LogP contribution in [-0.4, -0.2) is 23.5 Å². The fourth-order valence-corrected chi connectivity index (χ4v) is 3.98. The fourth-order valence-electron chi connectivity index (χ4n) is 2.43. The minimum atomic E-state index is -0.537. The van der Waals surface area contributed by atoms with Crippen LogP contribution in [0.15, 0.2) is 28.2 Å². The third kappa shape index (κ3) is 4.66. The van der Waals surface area contributed by atoms with Crippen LogP contribution < -0.4 is 0 Å². The molecule has 28 heavy (non-hydrogen) atoms. The smallest absolute Gasteiger partial charge is 0.348 e. The van der Waals surface area contributed by atoms with Crippen molar-refractivity contribution in [2.45, 2.75) is 20.3 Å². The summed E-state index contributed by atoms with van der Waals surface area (Å²) in [6.45, 7) is 3.52. The number of hydrogen-bond acceptors (Lipinski definition) is 7. The maximum Gasteiger partial charge on any atom is 0.348 e. The Labute approximate surface area is 174 Å². The van der Waals surface area contributed by atoms with Crippen LogP contribution in [0.3, 0.4) is 0 Å². The van der Waals surface area contributed by atoms with E-state index in [0.717, 1.165) is 11.3 Å². The van der Waals surface area contributed by atoms with Gasteiger partial charge in [0, 0.05) is 11.3 Å². The fraction of sp³-hybridized carbons (Fsp3) is 0.200. The van der Waals surface area contributed by atoms with Crippen LogP contribution in [0.1, 0.15) is 38.2 Å². The highest BCUT2D eigenvalue weighted by Crippen LogP contribution is 2.30. The number of phenolic OH excluding ortho intramolecular Hbond substituents is 1. The molecule has 0 aliphatic rings. The summed E-state index contributed by atoms with van der Waals surface area (Å²) in [5.41, 5.74) is 1.19. The Balaban J connectivity index is 2.35. The van der Waals surface area contributed by atoms with Crippen LogP contribution in [0.2, 0.25) is 0 Å². The largest absolute Gasteiger partial charge is 0.507 e. The zero-order chi connectivity index (χ0) is 20.8. The number of nitrogens with zero attached hydrogens (tertiary/aromatic N) is 2. The highest BCUT2D eigenvalue weighted by molar-refractivity contribution is 9.10. The number of nitriles is 2. The van der Waals surface area contributed by atoms with Crippen LogP contribution in [0, 0.1) is 29.6 Å². The number of ether oxygens (including phenoxy) is 1. The van der Waals surface area contributed by atoms with E-state index in [9.17, 15) is 25.2 Å². The summed E-state index contributed by atoms with van der Waals surface area (Å²) in [6.07, 6.45) is 1.23. The Bertz CT molecular complexity index is 1060. The average Bonchev–Trinajstić information content (AvgIpc) is 2.97. The molecule has 1 N–H and O–H groups in total. The van der Waals surface area contributed by atoms with E-state index in [-0.39, 0.29) is 34.8 Å². The van der Waals surface area contributed by atoms with Gasteiger partial charge < -0.3 is 9.84 Å². The average molecular weight is 459 g/mol. The molecular formula is C20H15BrN2O4S. The van der Waals surface area contributed by atoms with E-state index in [1.54, 1.807) is 26.0 Å². The topological polar surface area (TPSA) is 111 Å². The number of esters is 1. The third-order valence-electron chi connectivity index (χ3n) is 3.82. The molecule has 2 aromatic rings. The minimum Gasteiger partial charge on any atom is -0.507 e. The first-order valence-electron chi connectivity index (χ1n) is 8.15. The van der Waals surface area contributed by atoms with E-state index in [1.807, 2.05) is 12.1 Å². The summed E-state index contributed by atoms with van der Waals surface area (Å²) >= 11 is 4.21. The Morgan fingerprint density at radius 1 is 1.36 bits per heavy atom. The molecule has 0 unspecified atom stereocenters. The number of carbonyl (C=O) groups is 2. The van der Waals surface area contributed by atoms with Gasteiger partial charge in [-0.05, 0) is 59.1 Å². The van der Waals surface area contributed by atoms with Gasteiger partial charge in [0.2, 0.25) is 0 Å². The minimum absolute atomic E-state index is 0.0428. The van der Waals surface area contributed by atoms with Gasteiger partial charge in [0.15, 0.2) is 5.78 Å². The van der Waals surface area contributed by atoms with Crippen LogP contribution >= 0.6 is 27.3 Å². The second-order valence-corrected chi connectivity index (χ2v) is 7.63. The van der Waals surface area contributed by atoms with E-state index in [4.69, 9.17) is 4.74 Å². The number of thiophene rings is 1. The molecule has 8 heteroatoms. The molecular weight excluding hydrogens is 444 g/mol. The molecule has 0 amide bonds. The molecule has 142 valence electrons. The highest BCUT2D eigenvalue weighted by atomic mass is 79.9. The van der Waals surface area contributed by atoms with Gasteiger partial charge in [-0.25, -0.2) is 4.79 Å². The molecule has 0 aliphatic heterocycles. The standard InChI is InChI=1S/C20H15BrN2O4S/c1-3-27-20(26)19-11(2)14(10-23)18(28-19)8-17(25)13(9-22)6-12-4-5-16(24)15(21)7-12/h4-7,24H,3,8H2,1-2H3. The third-order valence-corrected chi connectivity index (χ3v) is 5.72. The van der Waals surface area contributed by atoms with Crippen LogP contribution in [0.5, 0.6) is 5.75 Å². The van der Waals surface area contributed by atoms with Gasteiger partial charge in [0.05, 0.1) is 22.2 Å². The molecule has 1 heterocycles. The Morgan fingerprint density at radius 3 is 2.64 bits per heavy atom. The summed E-state index contributed by atoms with van der Waals surface area (Å²) in [5, 5.41) is 28.3. The number of Topliss-reactive ketones (excluding diaryl/α,β-unsaturated/α-hetero) is 1. The number of rotatable bonds is 6. The number of ketones is 1. The van der Waals surface area contributed by atoms with Crippen molar-refractivity contribution in [1.29, 1.82) is 10.5 Å². The Morgan fingerprint density at radius 2 is 2.07 bits per heavy atom. The summed E-state index contributed by atoms with van der Waals surface area (Å²) in [4.78, 5) is 25.3. The van der Waals surface area contributed by atoms with Crippen LogP contribution in [-0.2, 0) is 16.0 Å². The molecule has 1 aromatic carbocycles.